The molecule has 0 spiro atoms. The van der Waals surface area contributed by atoms with Crippen molar-refractivity contribution in [1.29, 1.82) is 0 Å². The molecule has 0 radical (unpaired) electrons. The van der Waals surface area contributed by atoms with E-state index in [9.17, 15) is 9.90 Å². The van der Waals surface area contributed by atoms with E-state index in [0.29, 0.717) is 6.04 Å². The van der Waals surface area contributed by atoms with Crippen molar-refractivity contribution in [2.75, 3.05) is 27.2 Å². The molecule has 0 bridgehead atoms. The topological polar surface area (TPSA) is 40.5 Å². The zero-order valence-corrected chi connectivity index (χ0v) is 21.0. The summed E-state index contributed by atoms with van der Waals surface area (Å²) in [5, 5.41) is 11.8. The third-order valence-electron chi connectivity index (χ3n) is 7.66. The third kappa shape index (κ3) is 5.67. The molecule has 1 aliphatic carbocycles. The summed E-state index contributed by atoms with van der Waals surface area (Å²) >= 11 is 0. The molecule has 4 heteroatoms. The molecule has 1 N–H and O–H groups in total. The van der Waals surface area contributed by atoms with E-state index in [1.807, 2.05) is 49.1 Å². The predicted molar refractivity (Wildman–Crippen MR) is 136 cm³/mol. The molecule has 2 aromatic carbocycles. The van der Waals surface area contributed by atoms with Gasteiger partial charge in [-0.15, -0.1) is 0 Å². The molecule has 2 fully saturated rings. The second-order valence-electron chi connectivity index (χ2n) is 10.1. The number of hydrogen-bond donors (Lipinski definition) is 1. The molecule has 2 aliphatic rings. The summed E-state index contributed by atoms with van der Waals surface area (Å²) < 4.78 is 0.928. The second kappa shape index (κ2) is 11.3. The largest absolute Gasteiger partial charge is 0.375 e. The average molecular weight is 452 g/mol. The van der Waals surface area contributed by atoms with Crippen molar-refractivity contribution < 1.29 is 14.4 Å². The van der Waals surface area contributed by atoms with Gasteiger partial charge < -0.3 is 14.5 Å². The van der Waals surface area contributed by atoms with Crippen LogP contribution in [0.15, 0.2) is 60.7 Å². The Morgan fingerprint density at radius 2 is 1.42 bits per heavy atom. The molecule has 0 aromatic heterocycles. The quantitative estimate of drug-likeness (QED) is 0.601. The Morgan fingerprint density at radius 1 is 0.909 bits per heavy atom. The summed E-state index contributed by atoms with van der Waals surface area (Å²) in [6.45, 7) is 6.44. The highest BCUT2D eigenvalue weighted by Gasteiger charge is 2.49. The minimum absolute atomic E-state index is 0.0189. The smallest absolute Gasteiger partial charge is 0.259 e. The van der Waals surface area contributed by atoms with Crippen molar-refractivity contribution >= 4 is 5.91 Å². The van der Waals surface area contributed by atoms with Crippen LogP contribution in [-0.2, 0) is 16.9 Å². The number of aliphatic hydroxyl groups is 1. The van der Waals surface area contributed by atoms with Gasteiger partial charge in [0.05, 0.1) is 20.1 Å². The highest BCUT2D eigenvalue weighted by atomic mass is 16.3. The first-order valence-corrected chi connectivity index (χ1v) is 12.8. The van der Waals surface area contributed by atoms with Crippen LogP contribution in [-0.4, -0.2) is 53.6 Å². The summed E-state index contributed by atoms with van der Waals surface area (Å²) in [7, 11) is 4.60. The lowest BCUT2D eigenvalue weighted by Crippen LogP contribution is -2.57. The molecule has 180 valence electrons. The molecular weight excluding hydrogens is 408 g/mol. The molecule has 2 aromatic rings. The molecule has 33 heavy (non-hydrogen) atoms. The maximum Gasteiger partial charge on any atom is 0.259 e. The van der Waals surface area contributed by atoms with Crippen LogP contribution < -0.4 is 0 Å². The molecule has 1 saturated heterocycles. The summed E-state index contributed by atoms with van der Waals surface area (Å²) in [6.07, 6.45) is 5.99. The zero-order valence-electron chi connectivity index (χ0n) is 21.0. The number of benzene rings is 2. The van der Waals surface area contributed by atoms with E-state index < -0.39 is 5.60 Å². The maximum absolute atomic E-state index is 13.7. The number of likely N-dealkylation sites (tertiary alicyclic amines) is 1. The molecule has 1 aliphatic heterocycles. The highest BCUT2D eigenvalue weighted by molar-refractivity contribution is 5.87. The number of carbonyl (C=O) groups is 1. The number of quaternary nitrogens is 1. The van der Waals surface area contributed by atoms with Gasteiger partial charge in [-0.05, 0) is 18.4 Å². The Balaban J connectivity index is 0.00000149. The standard InChI is InChI=1S/C27H37N2O2.C2H6/c1-29(2,21-22-11-5-3-6-12-22)25-17-19-28(20-18-25)26(30)27(31,24-15-9-10-16-24)23-13-7-4-8-14-23;1-2/h3-8,11-14,24-25,31H,9-10,15-21H2,1-2H3;1-2H3/q+1;/t27-;/m0./s1. The van der Waals surface area contributed by atoms with E-state index >= 15 is 0 Å². The van der Waals surface area contributed by atoms with Crippen LogP contribution in [0.4, 0.5) is 0 Å². The molecule has 1 atom stereocenters. The van der Waals surface area contributed by atoms with Gasteiger partial charge in [0.25, 0.3) is 5.91 Å². The van der Waals surface area contributed by atoms with Crippen LogP contribution in [0.5, 0.6) is 0 Å². The number of rotatable bonds is 6. The number of hydrogen-bond acceptors (Lipinski definition) is 2. The van der Waals surface area contributed by atoms with Crippen LogP contribution >= 0.6 is 0 Å². The van der Waals surface area contributed by atoms with Crippen molar-refractivity contribution in [1.82, 2.24) is 4.90 Å². The SMILES string of the molecule is CC.C[N+](C)(Cc1ccccc1)C1CCN(C(=O)[C@](O)(c2ccccc2)C2CCCC2)CC1. The van der Waals surface area contributed by atoms with Crippen LogP contribution in [0.2, 0.25) is 0 Å². The Bertz CT molecular complexity index is 854. The van der Waals surface area contributed by atoms with E-state index in [1.54, 1.807) is 0 Å². The van der Waals surface area contributed by atoms with Crippen LogP contribution in [0, 0.1) is 5.92 Å². The van der Waals surface area contributed by atoms with Gasteiger partial charge in [0.1, 0.15) is 6.54 Å². The highest BCUT2D eigenvalue weighted by Crippen LogP contribution is 2.42. The lowest BCUT2D eigenvalue weighted by Gasteiger charge is -2.45. The first-order chi connectivity index (χ1) is 15.9. The Kier molecular flexibility index (Phi) is 8.72. The van der Waals surface area contributed by atoms with Crippen molar-refractivity contribution in [2.45, 2.75) is 70.6 Å². The van der Waals surface area contributed by atoms with Crippen LogP contribution in [0.25, 0.3) is 0 Å². The van der Waals surface area contributed by atoms with Gasteiger partial charge in [-0.1, -0.05) is 87.4 Å². The van der Waals surface area contributed by atoms with Gasteiger partial charge in [0, 0.05) is 37.4 Å². The van der Waals surface area contributed by atoms with Gasteiger partial charge in [0.2, 0.25) is 0 Å². The molecule has 1 amide bonds. The molecule has 4 rings (SSSR count). The number of amides is 1. The minimum Gasteiger partial charge on any atom is -0.375 e. The maximum atomic E-state index is 13.7. The molecule has 4 nitrogen and oxygen atoms in total. The van der Waals surface area contributed by atoms with Crippen molar-refractivity contribution in [2.24, 2.45) is 5.92 Å². The predicted octanol–water partition coefficient (Wildman–Crippen LogP) is 5.36. The normalized spacial score (nSPS) is 19.5. The lowest BCUT2D eigenvalue weighted by atomic mass is 9.78. The van der Waals surface area contributed by atoms with Gasteiger partial charge >= 0.3 is 0 Å². The second-order valence-corrected chi connectivity index (χ2v) is 10.1. The van der Waals surface area contributed by atoms with Crippen molar-refractivity contribution in [3.05, 3.63) is 71.8 Å². The zero-order chi connectivity index (χ0) is 23.9. The number of nitrogens with zero attached hydrogens (tertiary/aromatic N) is 2. The molecule has 1 saturated carbocycles. The first kappa shape index (κ1) is 25.5. The fourth-order valence-electron chi connectivity index (χ4n) is 5.76. The molecule has 0 unspecified atom stereocenters. The number of piperidine rings is 1. The minimum atomic E-state index is -1.39. The number of carbonyl (C=O) groups excluding carboxylic acids is 1. The first-order valence-electron chi connectivity index (χ1n) is 12.8. The summed E-state index contributed by atoms with van der Waals surface area (Å²) in [4.78, 5) is 15.7. The van der Waals surface area contributed by atoms with Gasteiger partial charge in [-0.3, -0.25) is 4.79 Å². The van der Waals surface area contributed by atoms with E-state index in [1.165, 1.54) is 5.56 Å². The Hall–Kier alpha value is -2.17. The van der Waals surface area contributed by atoms with Crippen LogP contribution in [0.1, 0.15) is 63.5 Å². The summed E-state index contributed by atoms with van der Waals surface area (Å²) in [5.74, 6) is -0.0668. The van der Waals surface area contributed by atoms with E-state index in [0.717, 1.165) is 68.2 Å². The summed E-state index contributed by atoms with van der Waals surface area (Å²) in [5.41, 5.74) is 0.721. The van der Waals surface area contributed by atoms with Gasteiger partial charge in [-0.25, -0.2) is 0 Å². The van der Waals surface area contributed by atoms with Gasteiger partial charge in [0.15, 0.2) is 5.60 Å². The van der Waals surface area contributed by atoms with Gasteiger partial charge in [-0.2, -0.15) is 0 Å². The van der Waals surface area contributed by atoms with Crippen molar-refractivity contribution in [3.63, 3.8) is 0 Å². The van der Waals surface area contributed by atoms with E-state index in [2.05, 4.69) is 44.4 Å². The monoisotopic (exact) mass is 451 g/mol. The summed E-state index contributed by atoms with van der Waals surface area (Å²) in [6, 6.07) is 20.8. The lowest BCUT2D eigenvalue weighted by molar-refractivity contribution is -0.929. The van der Waals surface area contributed by atoms with E-state index in [-0.39, 0.29) is 11.8 Å². The molecule has 1 heterocycles. The fraction of sp³-hybridized carbons (Fsp3) is 0.552. The Labute approximate surface area is 200 Å². The van der Waals surface area contributed by atoms with E-state index in [4.69, 9.17) is 0 Å². The van der Waals surface area contributed by atoms with Crippen molar-refractivity contribution in [3.8, 4) is 0 Å². The third-order valence-corrected chi connectivity index (χ3v) is 7.66. The molecular formula is C29H43N2O2+. The van der Waals surface area contributed by atoms with Crippen LogP contribution in [0.3, 0.4) is 0 Å². The average Bonchev–Trinajstić information content (AvgIpc) is 3.41. The Morgan fingerprint density at radius 3 is 1.97 bits per heavy atom. The fourth-order valence-corrected chi connectivity index (χ4v) is 5.76.